The lowest BCUT2D eigenvalue weighted by Crippen LogP contribution is -2.14. The molecule has 1 rings (SSSR count). The van der Waals surface area contributed by atoms with Crippen molar-refractivity contribution in [3.63, 3.8) is 0 Å². The molecule has 0 bridgehead atoms. The van der Waals surface area contributed by atoms with Crippen molar-refractivity contribution in [2.45, 2.75) is 168 Å². The molecule has 0 fully saturated rings. The lowest BCUT2D eigenvalue weighted by molar-refractivity contribution is 0.0650. The molecule has 4 heteroatoms. The van der Waals surface area contributed by atoms with E-state index < -0.39 is 11.9 Å². The minimum absolute atomic E-state index is 0.0187. The predicted octanol–water partition coefficient (Wildman–Crippen LogP) is 10.8. The molecule has 0 saturated carbocycles. The molecular weight excluding hydrogens is 472 g/mol. The van der Waals surface area contributed by atoms with Gasteiger partial charge in [0.15, 0.2) is 0 Å². The van der Waals surface area contributed by atoms with Gasteiger partial charge >= 0.3 is 11.9 Å². The van der Waals surface area contributed by atoms with Crippen molar-refractivity contribution in [3.05, 3.63) is 34.4 Å². The second-order valence-electron chi connectivity index (χ2n) is 11.3. The molecule has 0 spiro atoms. The van der Waals surface area contributed by atoms with Crippen LogP contribution in [0.3, 0.4) is 0 Å². The van der Waals surface area contributed by atoms with Crippen molar-refractivity contribution in [1.82, 2.24) is 0 Å². The number of aromatic carboxylic acids is 2. The van der Waals surface area contributed by atoms with Crippen LogP contribution in [0.25, 0.3) is 0 Å². The zero-order valence-electron chi connectivity index (χ0n) is 24.8. The first kappa shape index (κ1) is 34.2. The van der Waals surface area contributed by atoms with Crippen LogP contribution in [0.15, 0.2) is 12.1 Å². The Hall–Kier alpha value is -1.84. The van der Waals surface area contributed by atoms with E-state index in [0.717, 1.165) is 43.2 Å². The summed E-state index contributed by atoms with van der Waals surface area (Å²) in [5, 5.41) is 19.5. The fourth-order valence-corrected chi connectivity index (χ4v) is 5.58. The fraction of sp³-hybridized carbons (Fsp3) is 0.765. The molecule has 1 aromatic carbocycles. The number of unbranched alkanes of at least 4 members (excludes halogenated alkanes) is 20. The molecule has 38 heavy (non-hydrogen) atoms. The van der Waals surface area contributed by atoms with Crippen LogP contribution in [0.5, 0.6) is 0 Å². The van der Waals surface area contributed by atoms with Crippen molar-refractivity contribution < 1.29 is 19.8 Å². The second kappa shape index (κ2) is 23.1. The van der Waals surface area contributed by atoms with Crippen molar-refractivity contribution in [3.8, 4) is 0 Å². The Labute approximate surface area is 234 Å². The summed E-state index contributed by atoms with van der Waals surface area (Å²) < 4.78 is 0. The maximum atomic E-state index is 12.1. The maximum Gasteiger partial charge on any atom is 0.336 e. The zero-order chi connectivity index (χ0) is 27.8. The van der Waals surface area contributed by atoms with Gasteiger partial charge in [0.05, 0.1) is 11.1 Å². The Morgan fingerprint density at radius 3 is 1.24 bits per heavy atom. The summed E-state index contributed by atoms with van der Waals surface area (Å²) in [5.74, 6) is -2.26. The standard InChI is InChI=1S/C34H58O4/c1-3-5-7-9-11-13-15-17-19-21-23-25-29-27-28-31(33(35)36)32(34(37)38)30(29)26-24-22-20-18-16-14-12-10-8-6-4-2/h27-28H,3-26H2,1-2H3,(H,35,36)(H,37,38). The fourth-order valence-electron chi connectivity index (χ4n) is 5.58. The van der Waals surface area contributed by atoms with Crippen LogP contribution in [0.4, 0.5) is 0 Å². The van der Waals surface area contributed by atoms with Gasteiger partial charge in [0.25, 0.3) is 0 Å². The van der Waals surface area contributed by atoms with Crippen LogP contribution >= 0.6 is 0 Å². The number of aryl methyl sites for hydroxylation is 1. The quantitative estimate of drug-likeness (QED) is 0.117. The molecule has 0 heterocycles. The van der Waals surface area contributed by atoms with E-state index >= 15 is 0 Å². The third-order valence-electron chi connectivity index (χ3n) is 7.93. The van der Waals surface area contributed by atoms with Crippen LogP contribution in [0, 0.1) is 0 Å². The highest BCUT2D eigenvalue weighted by Gasteiger charge is 2.22. The Kier molecular flexibility index (Phi) is 20.8. The summed E-state index contributed by atoms with van der Waals surface area (Å²) in [5.41, 5.74) is 1.75. The average molecular weight is 531 g/mol. The highest BCUT2D eigenvalue weighted by molar-refractivity contribution is 6.03. The molecule has 0 aliphatic carbocycles. The Bertz CT molecular complexity index is 755. The molecule has 0 saturated heterocycles. The van der Waals surface area contributed by atoms with Gasteiger partial charge in [0, 0.05) is 0 Å². The molecule has 1 aromatic rings. The predicted molar refractivity (Wildman–Crippen MR) is 161 cm³/mol. The smallest absolute Gasteiger partial charge is 0.336 e. The highest BCUT2D eigenvalue weighted by atomic mass is 16.4. The molecular formula is C34H58O4. The molecule has 0 atom stereocenters. The van der Waals surface area contributed by atoms with E-state index in [9.17, 15) is 19.8 Å². The normalized spacial score (nSPS) is 11.2. The van der Waals surface area contributed by atoms with E-state index in [-0.39, 0.29) is 11.1 Å². The van der Waals surface area contributed by atoms with Crippen LogP contribution in [0.1, 0.15) is 187 Å². The van der Waals surface area contributed by atoms with E-state index in [2.05, 4.69) is 13.8 Å². The van der Waals surface area contributed by atoms with Gasteiger partial charge in [0.2, 0.25) is 0 Å². The Morgan fingerprint density at radius 2 is 0.868 bits per heavy atom. The minimum atomic E-state index is -1.15. The van der Waals surface area contributed by atoms with Gasteiger partial charge in [-0.25, -0.2) is 9.59 Å². The second-order valence-corrected chi connectivity index (χ2v) is 11.3. The first-order valence-electron chi connectivity index (χ1n) is 16.1. The van der Waals surface area contributed by atoms with Gasteiger partial charge < -0.3 is 10.2 Å². The maximum absolute atomic E-state index is 12.1. The highest BCUT2D eigenvalue weighted by Crippen LogP contribution is 2.25. The zero-order valence-corrected chi connectivity index (χ0v) is 24.8. The van der Waals surface area contributed by atoms with E-state index in [1.165, 1.54) is 122 Å². The van der Waals surface area contributed by atoms with Crippen LogP contribution in [-0.2, 0) is 12.8 Å². The lowest BCUT2D eigenvalue weighted by Gasteiger charge is -2.15. The molecule has 0 aliphatic heterocycles. The molecule has 0 unspecified atom stereocenters. The average Bonchev–Trinajstić information content (AvgIpc) is 2.90. The van der Waals surface area contributed by atoms with Crippen molar-refractivity contribution in [1.29, 1.82) is 0 Å². The van der Waals surface area contributed by atoms with Gasteiger partial charge in [-0.3, -0.25) is 0 Å². The monoisotopic (exact) mass is 530 g/mol. The molecule has 0 amide bonds. The molecule has 4 nitrogen and oxygen atoms in total. The number of rotatable bonds is 26. The Morgan fingerprint density at radius 1 is 0.500 bits per heavy atom. The van der Waals surface area contributed by atoms with E-state index in [1.807, 2.05) is 6.07 Å². The van der Waals surface area contributed by atoms with E-state index in [1.54, 1.807) is 0 Å². The third kappa shape index (κ3) is 15.5. The minimum Gasteiger partial charge on any atom is -0.478 e. The van der Waals surface area contributed by atoms with Crippen molar-refractivity contribution in [2.24, 2.45) is 0 Å². The lowest BCUT2D eigenvalue weighted by atomic mass is 9.89. The van der Waals surface area contributed by atoms with Gasteiger partial charge in [-0.1, -0.05) is 148 Å². The summed E-state index contributed by atoms with van der Waals surface area (Å²) in [4.78, 5) is 23.8. The number of carboxylic acids is 2. The molecule has 218 valence electrons. The molecule has 0 aromatic heterocycles. The van der Waals surface area contributed by atoms with Crippen molar-refractivity contribution in [2.75, 3.05) is 0 Å². The molecule has 0 aliphatic rings. The van der Waals surface area contributed by atoms with Gasteiger partial charge in [-0.05, 0) is 42.9 Å². The van der Waals surface area contributed by atoms with Crippen LogP contribution in [-0.4, -0.2) is 22.2 Å². The largest absolute Gasteiger partial charge is 0.478 e. The summed E-state index contributed by atoms with van der Waals surface area (Å²) in [6.45, 7) is 4.50. The SMILES string of the molecule is CCCCCCCCCCCCCc1ccc(C(=O)O)c(C(=O)O)c1CCCCCCCCCCCCC. The molecule has 0 radical (unpaired) electrons. The van der Waals surface area contributed by atoms with E-state index in [0.29, 0.717) is 6.42 Å². The van der Waals surface area contributed by atoms with Crippen molar-refractivity contribution >= 4 is 11.9 Å². The number of carboxylic acid groups (broad SMARTS) is 2. The topological polar surface area (TPSA) is 74.6 Å². The summed E-state index contributed by atoms with van der Waals surface area (Å²) in [6.07, 6.45) is 29.3. The molecule has 2 N–H and O–H groups in total. The third-order valence-corrected chi connectivity index (χ3v) is 7.93. The van der Waals surface area contributed by atoms with Crippen LogP contribution < -0.4 is 0 Å². The summed E-state index contributed by atoms with van der Waals surface area (Å²) in [7, 11) is 0. The number of hydrogen-bond donors (Lipinski definition) is 2. The van der Waals surface area contributed by atoms with Gasteiger partial charge in [-0.2, -0.15) is 0 Å². The van der Waals surface area contributed by atoms with E-state index in [4.69, 9.17) is 0 Å². The Balaban J connectivity index is 2.48. The van der Waals surface area contributed by atoms with Gasteiger partial charge in [0.1, 0.15) is 0 Å². The van der Waals surface area contributed by atoms with Crippen LogP contribution in [0.2, 0.25) is 0 Å². The summed E-state index contributed by atoms with van der Waals surface area (Å²) >= 11 is 0. The first-order valence-corrected chi connectivity index (χ1v) is 16.1. The van der Waals surface area contributed by atoms with Gasteiger partial charge in [-0.15, -0.1) is 0 Å². The summed E-state index contributed by atoms with van der Waals surface area (Å²) in [6, 6.07) is 3.38. The number of carbonyl (C=O) groups is 2. The number of benzene rings is 1. The first-order chi connectivity index (χ1) is 18.5. The number of hydrogen-bond acceptors (Lipinski definition) is 2.